The van der Waals surface area contributed by atoms with E-state index in [2.05, 4.69) is 37.4 Å². The quantitative estimate of drug-likeness (QED) is 0.817. The minimum Gasteiger partial charge on any atom is -0.488 e. The number of benzene rings is 1. The summed E-state index contributed by atoms with van der Waals surface area (Å²) < 4.78 is 5.96. The Morgan fingerprint density at radius 1 is 1.33 bits per heavy atom. The fourth-order valence-corrected chi connectivity index (χ4v) is 2.36. The predicted molar refractivity (Wildman–Crippen MR) is 62.2 cm³/mol. The second-order valence-electron chi connectivity index (χ2n) is 4.53. The Bertz CT molecular complexity index is 310. The van der Waals surface area contributed by atoms with Crippen LogP contribution in [0.3, 0.4) is 0 Å². The van der Waals surface area contributed by atoms with Crippen LogP contribution in [0.2, 0.25) is 0 Å². The minimum absolute atomic E-state index is 0.285. The first-order chi connectivity index (χ1) is 7.22. The molecule has 0 spiro atoms. The van der Waals surface area contributed by atoms with E-state index in [0.717, 1.165) is 12.2 Å². The molecule has 2 rings (SSSR count). The molecule has 2 atom stereocenters. The number of fused-ring (bicyclic) bond motifs is 1. The van der Waals surface area contributed by atoms with E-state index >= 15 is 0 Å². The Labute approximate surface area is 91.6 Å². The smallest absolute Gasteiger partial charge is 0.123 e. The summed E-state index contributed by atoms with van der Waals surface area (Å²) in [6, 6.07) is 8.75. The Morgan fingerprint density at radius 2 is 2.07 bits per heavy atom. The molecule has 0 amide bonds. The molecule has 0 radical (unpaired) electrons. The van der Waals surface area contributed by atoms with Crippen LogP contribution in [0.15, 0.2) is 24.3 Å². The highest BCUT2D eigenvalue weighted by molar-refractivity contribution is 5.37. The molecule has 1 heterocycles. The van der Waals surface area contributed by atoms with Crippen molar-refractivity contribution in [2.75, 3.05) is 7.05 Å². The van der Waals surface area contributed by atoms with E-state index in [9.17, 15) is 0 Å². The summed E-state index contributed by atoms with van der Waals surface area (Å²) >= 11 is 0. The summed E-state index contributed by atoms with van der Waals surface area (Å²) in [5.41, 5.74) is 1.34. The molecule has 0 bridgehead atoms. The third-order valence-electron chi connectivity index (χ3n) is 3.12. The molecule has 2 nitrogen and oxygen atoms in total. The molecule has 0 saturated heterocycles. The fourth-order valence-electron chi connectivity index (χ4n) is 2.36. The van der Waals surface area contributed by atoms with Gasteiger partial charge in [0.05, 0.1) is 0 Å². The van der Waals surface area contributed by atoms with Crippen LogP contribution in [0.25, 0.3) is 0 Å². The summed E-state index contributed by atoms with van der Waals surface area (Å²) in [4.78, 5) is 0. The van der Waals surface area contributed by atoms with Gasteiger partial charge in [0, 0.05) is 12.5 Å². The van der Waals surface area contributed by atoms with E-state index in [1.807, 2.05) is 13.1 Å². The third-order valence-corrected chi connectivity index (χ3v) is 3.12. The molecule has 0 fully saturated rings. The van der Waals surface area contributed by atoms with Crippen LogP contribution in [0, 0.1) is 5.92 Å². The van der Waals surface area contributed by atoms with Gasteiger partial charge in [0.15, 0.2) is 0 Å². The van der Waals surface area contributed by atoms with Gasteiger partial charge >= 0.3 is 0 Å². The molecule has 0 saturated carbocycles. The van der Waals surface area contributed by atoms with Gasteiger partial charge in [-0.3, -0.25) is 0 Å². The third kappa shape index (κ3) is 2.00. The molecule has 1 N–H and O–H groups in total. The lowest BCUT2D eigenvalue weighted by atomic mass is 9.95. The summed E-state index contributed by atoms with van der Waals surface area (Å²) in [6.07, 6.45) is 1.31. The molecule has 2 heteroatoms. The Balaban J connectivity index is 2.12. The topological polar surface area (TPSA) is 21.3 Å². The zero-order valence-electron chi connectivity index (χ0n) is 9.66. The van der Waals surface area contributed by atoms with Gasteiger partial charge in [0.2, 0.25) is 0 Å². The number of rotatable bonds is 3. The lowest BCUT2D eigenvalue weighted by molar-refractivity contribution is 0.156. The molecule has 1 aromatic carbocycles. The second-order valence-corrected chi connectivity index (χ2v) is 4.53. The average molecular weight is 205 g/mol. The first kappa shape index (κ1) is 10.5. The van der Waals surface area contributed by atoms with Crippen molar-refractivity contribution < 1.29 is 4.74 Å². The number of para-hydroxylation sites is 1. The summed E-state index contributed by atoms with van der Waals surface area (Å²) in [7, 11) is 2.01. The van der Waals surface area contributed by atoms with E-state index in [4.69, 9.17) is 4.74 Å². The van der Waals surface area contributed by atoms with Crippen molar-refractivity contribution in [2.45, 2.75) is 32.4 Å². The average Bonchev–Trinajstić information content (AvgIpc) is 2.61. The van der Waals surface area contributed by atoms with Crippen molar-refractivity contribution in [3.05, 3.63) is 29.8 Å². The largest absolute Gasteiger partial charge is 0.488 e. The van der Waals surface area contributed by atoms with E-state index in [1.165, 1.54) is 5.56 Å². The number of ether oxygens (including phenoxy) is 1. The standard InChI is InChI=1S/C13H19NO/c1-9(2)13(14-3)12-8-10-6-4-5-7-11(10)15-12/h4-7,9,12-14H,8H2,1-3H3. The molecule has 0 aliphatic carbocycles. The second kappa shape index (κ2) is 4.23. The monoisotopic (exact) mass is 205 g/mol. The molecule has 1 aromatic rings. The first-order valence-electron chi connectivity index (χ1n) is 5.64. The van der Waals surface area contributed by atoms with Crippen molar-refractivity contribution in [1.29, 1.82) is 0 Å². The van der Waals surface area contributed by atoms with Crippen LogP contribution in [-0.2, 0) is 6.42 Å². The maximum Gasteiger partial charge on any atom is 0.123 e. The van der Waals surface area contributed by atoms with Crippen molar-refractivity contribution in [3.63, 3.8) is 0 Å². The van der Waals surface area contributed by atoms with Crippen LogP contribution in [0.5, 0.6) is 5.75 Å². The van der Waals surface area contributed by atoms with Crippen molar-refractivity contribution in [2.24, 2.45) is 5.92 Å². The maximum atomic E-state index is 5.96. The van der Waals surface area contributed by atoms with Crippen molar-refractivity contribution in [3.8, 4) is 5.75 Å². The number of hydrogen-bond donors (Lipinski definition) is 1. The van der Waals surface area contributed by atoms with Gasteiger partial charge in [-0.25, -0.2) is 0 Å². The zero-order chi connectivity index (χ0) is 10.8. The van der Waals surface area contributed by atoms with Gasteiger partial charge in [-0.05, 0) is 24.6 Å². The van der Waals surface area contributed by atoms with Gasteiger partial charge in [0.1, 0.15) is 11.9 Å². The molecular weight excluding hydrogens is 186 g/mol. The lowest BCUT2D eigenvalue weighted by Crippen LogP contribution is -2.44. The molecule has 2 unspecified atom stereocenters. The van der Waals surface area contributed by atoms with Crippen LogP contribution in [0.4, 0.5) is 0 Å². The van der Waals surface area contributed by atoms with Gasteiger partial charge in [0.25, 0.3) is 0 Å². The fraction of sp³-hybridized carbons (Fsp3) is 0.538. The van der Waals surface area contributed by atoms with Gasteiger partial charge < -0.3 is 10.1 Å². The van der Waals surface area contributed by atoms with Crippen LogP contribution in [-0.4, -0.2) is 19.2 Å². The molecule has 0 aromatic heterocycles. The van der Waals surface area contributed by atoms with E-state index < -0.39 is 0 Å². The summed E-state index contributed by atoms with van der Waals surface area (Å²) in [6.45, 7) is 4.46. The molecule has 82 valence electrons. The molecular formula is C13H19NO. The first-order valence-corrected chi connectivity index (χ1v) is 5.64. The van der Waals surface area contributed by atoms with Gasteiger partial charge in [-0.15, -0.1) is 0 Å². The van der Waals surface area contributed by atoms with E-state index in [-0.39, 0.29) is 6.10 Å². The van der Waals surface area contributed by atoms with Crippen molar-refractivity contribution in [1.82, 2.24) is 5.32 Å². The van der Waals surface area contributed by atoms with Gasteiger partial charge in [-0.2, -0.15) is 0 Å². The number of hydrogen-bond acceptors (Lipinski definition) is 2. The molecule has 15 heavy (non-hydrogen) atoms. The highest BCUT2D eigenvalue weighted by atomic mass is 16.5. The Kier molecular flexibility index (Phi) is 2.96. The van der Waals surface area contributed by atoms with Gasteiger partial charge in [-0.1, -0.05) is 32.0 Å². The van der Waals surface area contributed by atoms with E-state index in [1.54, 1.807) is 0 Å². The SMILES string of the molecule is CNC(C(C)C)C1Cc2ccccc2O1. The van der Waals surface area contributed by atoms with Crippen LogP contribution >= 0.6 is 0 Å². The normalized spacial score (nSPS) is 21.2. The number of likely N-dealkylation sites (N-methyl/N-ethyl adjacent to an activating group) is 1. The Hall–Kier alpha value is -1.02. The van der Waals surface area contributed by atoms with E-state index in [0.29, 0.717) is 12.0 Å². The predicted octanol–water partition coefficient (Wildman–Crippen LogP) is 2.23. The van der Waals surface area contributed by atoms with Crippen LogP contribution in [0.1, 0.15) is 19.4 Å². The van der Waals surface area contributed by atoms with Crippen molar-refractivity contribution >= 4 is 0 Å². The summed E-state index contributed by atoms with van der Waals surface area (Å²) in [5, 5.41) is 3.35. The summed E-state index contributed by atoms with van der Waals surface area (Å²) in [5.74, 6) is 1.65. The number of nitrogens with one attached hydrogen (secondary N) is 1. The highest BCUT2D eigenvalue weighted by Gasteiger charge is 2.30. The minimum atomic E-state index is 0.285. The molecule has 1 aliphatic heterocycles. The molecule has 1 aliphatic rings. The lowest BCUT2D eigenvalue weighted by Gasteiger charge is -2.26. The maximum absolute atomic E-state index is 5.96. The highest BCUT2D eigenvalue weighted by Crippen LogP contribution is 2.30. The zero-order valence-corrected chi connectivity index (χ0v) is 9.66. The Morgan fingerprint density at radius 3 is 2.67 bits per heavy atom. The van der Waals surface area contributed by atoms with Crippen LogP contribution < -0.4 is 10.1 Å².